The van der Waals surface area contributed by atoms with Crippen LogP contribution in [-0.4, -0.2) is 25.7 Å². The van der Waals surface area contributed by atoms with E-state index in [0.717, 1.165) is 19.4 Å². The van der Waals surface area contributed by atoms with Crippen LogP contribution < -0.4 is 9.47 Å². The molecule has 0 N–H and O–H groups in total. The summed E-state index contributed by atoms with van der Waals surface area (Å²) in [6, 6.07) is 4.08. The quantitative estimate of drug-likeness (QED) is 0.831. The second-order valence-electron chi connectivity index (χ2n) is 4.09. The van der Waals surface area contributed by atoms with Gasteiger partial charge in [0.15, 0.2) is 0 Å². The zero-order valence-corrected chi connectivity index (χ0v) is 11.5. The summed E-state index contributed by atoms with van der Waals surface area (Å²) >= 11 is 3.02. The highest BCUT2D eigenvalue weighted by Crippen LogP contribution is 2.33. The molecule has 0 spiro atoms. The number of halogens is 4. The predicted molar refractivity (Wildman–Crippen MR) is 65.3 cm³/mol. The predicted octanol–water partition coefficient (Wildman–Crippen LogP) is 3.91. The Morgan fingerprint density at radius 3 is 2.74 bits per heavy atom. The van der Waals surface area contributed by atoms with Crippen molar-refractivity contribution in [2.45, 2.75) is 25.3 Å². The molecule has 1 unspecified atom stereocenters. The summed E-state index contributed by atoms with van der Waals surface area (Å²) in [4.78, 5) is 0. The Kier molecular flexibility index (Phi) is 4.57. The summed E-state index contributed by atoms with van der Waals surface area (Å²) < 4.78 is 51.1. The zero-order valence-electron chi connectivity index (χ0n) is 9.87. The lowest BCUT2D eigenvalue weighted by Gasteiger charge is -2.14. The monoisotopic (exact) mass is 340 g/mol. The standard InChI is InChI=1S/C12H12BrF3O3/c13-10-6-8(18-7-9-2-1-5-17-9)3-4-11(10)19-12(14,15)16/h3-4,6,9H,1-2,5,7H2. The van der Waals surface area contributed by atoms with E-state index < -0.39 is 6.36 Å². The third-order valence-corrected chi connectivity index (χ3v) is 3.21. The van der Waals surface area contributed by atoms with Crippen molar-refractivity contribution in [3.8, 4) is 11.5 Å². The number of benzene rings is 1. The molecule has 0 amide bonds. The molecule has 1 atom stereocenters. The van der Waals surface area contributed by atoms with Gasteiger partial charge in [-0.25, -0.2) is 0 Å². The second-order valence-corrected chi connectivity index (χ2v) is 4.94. The van der Waals surface area contributed by atoms with Crippen LogP contribution in [0.25, 0.3) is 0 Å². The van der Waals surface area contributed by atoms with E-state index in [1.807, 2.05) is 0 Å². The van der Waals surface area contributed by atoms with E-state index in [1.165, 1.54) is 18.2 Å². The molecule has 1 fully saturated rings. The minimum Gasteiger partial charge on any atom is -0.491 e. The summed E-state index contributed by atoms with van der Waals surface area (Å²) in [6.45, 7) is 1.13. The minimum atomic E-state index is -4.71. The molecule has 7 heteroatoms. The van der Waals surface area contributed by atoms with E-state index in [4.69, 9.17) is 9.47 Å². The second kappa shape index (κ2) is 6.00. The molecule has 0 aromatic heterocycles. The number of rotatable bonds is 4. The largest absolute Gasteiger partial charge is 0.573 e. The fourth-order valence-corrected chi connectivity index (χ4v) is 2.18. The summed E-state index contributed by atoms with van der Waals surface area (Å²) in [7, 11) is 0. The van der Waals surface area contributed by atoms with Crippen molar-refractivity contribution in [1.29, 1.82) is 0 Å². The van der Waals surface area contributed by atoms with Gasteiger partial charge in [0.2, 0.25) is 0 Å². The van der Waals surface area contributed by atoms with Gasteiger partial charge in [-0.3, -0.25) is 0 Å². The Balaban J connectivity index is 1.94. The molecule has 0 radical (unpaired) electrons. The first-order valence-corrected chi connectivity index (χ1v) is 6.53. The number of hydrogen-bond acceptors (Lipinski definition) is 3. The average molecular weight is 341 g/mol. The molecule has 1 aliphatic heterocycles. The van der Waals surface area contributed by atoms with Crippen molar-refractivity contribution in [2.75, 3.05) is 13.2 Å². The number of hydrogen-bond donors (Lipinski definition) is 0. The first kappa shape index (κ1) is 14.5. The van der Waals surface area contributed by atoms with E-state index >= 15 is 0 Å². The van der Waals surface area contributed by atoms with Gasteiger partial charge in [0, 0.05) is 6.61 Å². The van der Waals surface area contributed by atoms with Crippen LogP contribution in [0.5, 0.6) is 11.5 Å². The van der Waals surface area contributed by atoms with Crippen LogP contribution in [0.1, 0.15) is 12.8 Å². The maximum Gasteiger partial charge on any atom is 0.573 e. The molecule has 1 heterocycles. The molecule has 0 aliphatic carbocycles. The first-order valence-electron chi connectivity index (χ1n) is 5.74. The topological polar surface area (TPSA) is 27.7 Å². The Morgan fingerprint density at radius 2 is 2.16 bits per heavy atom. The Bertz CT molecular complexity index is 431. The van der Waals surface area contributed by atoms with Crippen LogP contribution in [0.15, 0.2) is 22.7 Å². The molecule has 1 saturated heterocycles. The molecule has 0 saturated carbocycles. The summed E-state index contributed by atoms with van der Waals surface area (Å²) in [6.07, 6.45) is -2.69. The molecule has 3 nitrogen and oxygen atoms in total. The number of alkyl halides is 3. The maximum absolute atomic E-state index is 12.1. The minimum absolute atomic E-state index is 0.0601. The van der Waals surface area contributed by atoms with E-state index in [2.05, 4.69) is 20.7 Å². The van der Waals surface area contributed by atoms with Gasteiger partial charge < -0.3 is 14.2 Å². The molecule has 1 aliphatic rings. The Labute approximate surface area is 116 Å². The van der Waals surface area contributed by atoms with E-state index in [-0.39, 0.29) is 16.3 Å². The van der Waals surface area contributed by atoms with Gasteiger partial charge in [0.05, 0.1) is 10.6 Å². The van der Waals surface area contributed by atoms with Crippen LogP contribution in [0.3, 0.4) is 0 Å². The molecule has 19 heavy (non-hydrogen) atoms. The molecule has 2 rings (SSSR count). The molecule has 1 aromatic rings. The third kappa shape index (κ3) is 4.58. The van der Waals surface area contributed by atoms with Crippen molar-refractivity contribution < 1.29 is 27.4 Å². The number of ether oxygens (including phenoxy) is 3. The molecular formula is C12H12BrF3O3. The zero-order chi connectivity index (χ0) is 13.9. The smallest absolute Gasteiger partial charge is 0.491 e. The van der Waals surface area contributed by atoms with Crippen molar-refractivity contribution in [2.24, 2.45) is 0 Å². The normalized spacial score (nSPS) is 19.5. The van der Waals surface area contributed by atoms with Crippen LogP contribution in [0, 0.1) is 0 Å². The molecule has 0 bridgehead atoms. The fourth-order valence-electron chi connectivity index (χ4n) is 1.74. The van der Waals surface area contributed by atoms with E-state index in [9.17, 15) is 13.2 Å². The average Bonchev–Trinajstić information content (AvgIpc) is 2.81. The first-order chi connectivity index (χ1) is 8.94. The molecule has 1 aromatic carbocycles. The lowest BCUT2D eigenvalue weighted by atomic mass is 10.2. The third-order valence-electron chi connectivity index (χ3n) is 2.59. The Morgan fingerprint density at radius 1 is 1.37 bits per heavy atom. The van der Waals surface area contributed by atoms with Gasteiger partial charge in [-0.1, -0.05) is 0 Å². The van der Waals surface area contributed by atoms with Crippen LogP contribution >= 0.6 is 15.9 Å². The fraction of sp³-hybridized carbons (Fsp3) is 0.500. The summed E-state index contributed by atoms with van der Waals surface area (Å²) in [5.41, 5.74) is 0. The van der Waals surface area contributed by atoms with E-state index in [1.54, 1.807) is 0 Å². The lowest BCUT2D eigenvalue weighted by molar-refractivity contribution is -0.274. The van der Waals surface area contributed by atoms with Gasteiger partial charge in [0.25, 0.3) is 0 Å². The summed E-state index contributed by atoms with van der Waals surface area (Å²) in [5.74, 6) is 0.175. The van der Waals surface area contributed by atoms with Crippen molar-refractivity contribution in [3.05, 3.63) is 22.7 Å². The Hall–Kier alpha value is -0.950. The van der Waals surface area contributed by atoms with Gasteiger partial charge >= 0.3 is 6.36 Å². The van der Waals surface area contributed by atoms with Crippen LogP contribution in [-0.2, 0) is 4.74 Å². The van der Waals surface area contributed by atoms with Gasteiger partial charge in [-0.15, -0.1) is 13.2 Å². The maximum atomic E-state index is 12.1. The van der Waals surface area contributed by atoms with Gasteiger partial charge in [-0.05, 0) is 47.0 Å². The summed E-state index contributed by atoms with van der Waals surface area (Å²) in [5, 5.41) is 0. The molecule has 106 valence electrons. The van der Waals surface area contributed by atoms with Gasteiger partial charge in [-0.2, -0.15) is 0 Å². The molecular weight excluding hydrogens is 329 g/mol. The SMILES string of the molecule is FC(F)(F)Oc1ccc(OCC2CCCO2)cc1Br. The lowest BCUT2D eigenvalue weighted by Crippen LogP contribution is -2.18. The highest BCUT2D eigenvalue weighted by Gasteiger charge is 2.32. The highest BCUT2D eigenvalue weighted by atomic mass is 79.9. The van der Waals surface area contributed by atoms with Crippen molar-refractivity contribution in [3.63, 3.8) is 0 Å². The van der Waals surface area contributed by atoms with Crippen LogP contribution in [0.2, 0.25) is 0 Å². The van der Waals surface area contributed by atoms with Crippen molar-refractivity contribution >= 4 is 15.9 Å². The van der Waals surface area contributed by atoms with Crippen LogP contribution in [0.4, 0.5) is 13.2 Å². The van der Waals surface area contributed by atoms with E-state index in [0.29, 0.717) is 12.4 Å². The highest BCUT2D eigenvalue weighted by molar-refractivity contribution is 9.10. The van der Waals surface area contributed by atoms with Gasteiger partial charge in [0.1, 0.15) is 18.1 Å². The van der Waals surface area contributed by atoms with Crippen molar-refractivity contribution in [1.82, 2.24) is 0 Å².